The van der Waals surface area contributed by atoms with Gasteiger partial charge in [-0.2, -0.15) is 0 Å². The highest BCUT2D eigenvalue weighted by Gasteiger charge is 2.29. The minimum absolute atomic E-state index is 0.230. The van der Waals surface area contributed by atoms with Gasteiger partial charge in [-0.3, -0.25) is 9.59 Å². The molecule has 9 nitrogen and oxygen atoms in total. The van der Waals surface area contributed by atoms with Crippen LogP contribution in [0.2, 0.25) is 0 Å². The maximum Gasteiger partial charge on any atom is 0.329 e. The van der Waals surface area contributed by atoms with E-state index in [-0.39, 0.29) is 19.1 Å². The van der Waals surface area contributed by atoms with E-state index in [4.69, 9.17) is 25.1 Å². The Bertz CT molecular complexity index is 635. The molecule has 25 heavy (non-hydrogen) atoms. The first-order valence-electron chi connectivity index (χ1n) is 7.69. The SMILES string of the molecule is NC(=O)COc1cccc(C(=O)N[C@@H]2COCC[C@@H]2OCC(=O)O)c1. The van der Waals surface area contributed by atoms with Gasteiger partial charge >= 0.3 is 5.97 Å². The van der Waals surface area contributed by atoms with Gasteiger partial charge in [0.2, 0.25) is 0 Å². The second-order valence-corrected chi connectivity index (χ2v) is 5.47. The second kappa shape index (κ2) is 9.00. The molecule has 2 rings (SSSR count). The molecule has 1 aliphatic heterocycles. The Morgan fingerprint density at radius 3 is 2.84 bits per heavy atom. The van der Waals surface area contributed by atoms with Gasteiger partial charge in [-0.05, 0) is 24.6 Å². The van der Waals surface area contributed by atoms with Crippen molar-refractivity contribution in [3.8, 4) is 5.75 Å². The van der Waals surface area contributed by atoms with E-state index in [1.807, 2.05) is 0 Å². The fourth-order valence-electron chi connectivity index (χ4n) is 2.36. The van der Waals surface area contributed by atoms with E-state index in [1.165, 1.54) is 6.07 Å². The van der Waals surface area contributed by atoms with Gasteiger partial charge < -0.3 is 30.4 Å². The normalized spacial score (nSPS) is 19.8. The number of rotatable bonds is 8. The molecule has 2 amide bonds. The lowest BCUT2D eigenvalue weighted by Crippen LogP contribution is -2.51. The first kappa shape index (κ1) is 18.7. The highest BCUT2D eigenvalue weighted by molar-refractivity contribution is 5.94. The minimum atomic E-state index is -1.07. The second-order valence-electron chi connectivity index (χ2n) is 5.47. The topological polar surface area (TPSA) is 137 Å². The molecule has 0 aromatic heterocycles. The van der Waals surface area contributed by atoms with Crippen molar-refractivity contribution < 1.29 is 33.7 Å². The quantitative estimate of drug-likeness (QED) is 0.575. The summed E-state index contributed by atoms with van der Waals surface area (Å²) in [6.45, 7) is -0.0545. The highest BCUT2D eigenvalue weighted by atomic mass is 16.5. The van der Waals surface area contributed by atoms with Crippen LogP contribution in [-0.4, -0.2) is 61.5 Å². The minimum Gasteiger partial charge on any atom is -0.484 e. The number of hydrogen-bond donors (Lipinski definition) is 3. The number of carboxylic acid groups (broad SMARTS) is 1. The fraction of sp³-hybridized carbons (Fsp3) is 0.438. The average Bonchev–Trinajstić information content (AvgIpc) is 2.59. The van der Waals surface area contributed by atoms with Crippen LogP contribution in [0.15, 0.2) is 24.3 Å². The molecule has 0 spiro atoms. The molecular formula is C16H20N2O7. The van der Waals surface area contributed by atoms with Crippen LogP contribution in [0.5, 0.6) is 5.75 Å². The van der Waals surface area contributed by atoms with Crippen LogP contribution >= 0.6 is 0 Å². The van der Waals surface area contributed by atoms with Gasteiger partial charge in [0, 0.05) is 12.2 Å². The summed E-state index contributed by atoms with van der Waals surface area (Å²) in [6.07, 6.45) is 0.0445. The molecule has 1 aliphatic rings. The van der Waals surface area contributed by atoms with E-state index in [9.17, 15) is 14.4 Å². The van der Waals surface area contributed by atoms with Crippen molar-refractivity contribution in [2.24, 2.45) is 5.73 Å². The van der Waals surface area contributed by atoms with Crippen molar-refractivity contribution >= 4 is 17.8 Å². The first-order chi connectivity index (χ1) is 12.0. The predicted molar refractivity (Wildman–Crippen MR) is 85.2 cm³/mol. The van der Waals surface area contributed by atoms with Crippen LogP contribution in [0.3, 0.4) is 0 Å². The third-order valence-corrected chi connectivity index (χ3v) is 3.51. The first-order valence-corrected chi connectivity index (χ1v) is 7.69. The lowest BCUT2D eigenvalue weighted by molar-refractivity contribution is -0.147. The van der Waals surface area contributed by atoms with Gasteiger partial charge in [0.05, 0.1) is 18.8 Å². The standard InChI is InChI=1S/C16H20N2O7/c17-14(19)8-24-11-3-1-2-10(6-11)16(22)18-12-7-23-5-4-13(12)25-9-15(20)21/h1-3,6,12-13H,4-5,7-9H2,(H2,17,19)(H,18,22)(H,20,21)/t12-,13+/m1/s1. The smallest absolute Gasteiger partial charge is 0.329 e. The molecule has 136 valence electrons. The molecule has 4 N–H and O–H groups in total. The summed E-state index contributed by atoms with van der Waals surface area (Å²) in [5, 5.41) is 11.5. The van der Waals surface area contributed by atoms with Crippen LogP contribution < -0.4 is 15.8 Å². The zero-order valence-electron chi connectivity index (χ0n) is 13.5. The number of aliphatic carboxylic acids is 1. The van der Waals surface area contributed by atoms with E-state index in [0.717, 1.165) is 0 Å². The Labute approximate surface area is 144 Å². The molecule has 0 aliphatic carbocycles. The number of nitrogens with one attached hydrogen (secondary N) is 1. The summed E-state index contributed by atoms with van der Waals surface area (Å²) in [5.74, 6) is -1.74. The van der Waals surface area contributed by atoms with Gasteiger partial charge in [0.15, 0.2) is 6.61 Å². The number of nitrogens with two attached hydrogens (primary N) is 1. The van der Waals surface area contributed by atoms with Crippen LogP contribution in [0.4, 0.5) is 0 Å². The van der Waals surface area contributed by atoms with Gasteiger partial charge in [-0.1, -0.05) is 6.07 Å². The molecule has 0 bridgehead atoms. The summed E-state index contributed by atoms with van der Waals surface area (Å²) < 4.78 is 15.8. The molecule has 9 heteroatoms. The van der Waals surface area contributed by atoms with Crippen molar-refractivity contribution in [2.75, 3.05) is 26.4 Å². The van der Waals surface area contributed by atoms with E-state index in [1.54, 1.807) is 18.2 Å². The third-order valence-electron chi connectivity index (χ3n) is 3.51. The monoisotopic (exact) mass is 352 g/mol. The van der Waals surface area contributed by atoms with Crippen LogP contribution in [-0.2, 0) is 19.1 Å². The van der Waals surface area contributed by atoms with E-state index in [2.05, 4.69) is 5.32 Å². The zero-order valence-corrected chi connectivity index (χ0v) is 13.5. The number of benzene rings is 1. The molecule has 1 heterocycles. The molecule has 0 saturated carbocycles. The van der Waals surface area contributed by atoms with Gasteiger partial charge in [0.25, 0.3) is 11.8 Å². The Morgan fingerprint density at radius 1 is 1.32 bits per heavy atom. The largest absolute Gasteiger partial charge is 0.484 e. The lowest BCUT2D eigenvalue weighted by atomic mass is 10.1. The summed E-state index contributed by atoms with van der Waals surface area (Å²) in [6, 6.07) is 5.82. The molecule has 1 saturated heterocycles. The molecule has 2 atom stereocenters. The number of carbonyl (C=O) groups excluding carboxylic acids is 2. The number of carbonyl (C=O) groups is 3. The van der Waals surface area contributed by atoms with Crippen LogP contribution in [0, 0.1) is 0 Å². The summed E-state index contributed by atoms with van der Waals surface area (Å²) >= 11 is 0. The van der Waals surface area contributed by atoms with Crippen molar-refractivity contribution in [1.82, 2.24) is 5.32 Å². The molecule has 0 unspecified atom stereocenters. The molecule has 1 aromatic rings. The van der Waals surface area contributed by atoms with Gasteiger partial charge in [-0.25, -0.2) is 4.79 Å². The number of amides is 2. The van der Waals surface area contributed by atoms with Crippen LogP contribution in [0.1, 0.15) is 16.8 Å². The van der Waals surface area contributed by atoms with Crippen LogP contribution in [0.25, 0.3) is 0 Å². The van der Waals surface area contributed by atoms with Gasteiger partial charge in [-0.15, -0.1) is 0 Å². The van der Waals surface area contributed by atoms with E-state index in [0.29, 0.717) is 24.3 Å². The number of primary amides is 1. The van der Waals surface area contributed by atoms with Crippen molar-refractivity contribution in [3.05, 3.63) is 29.8 Å². The maximum atomic E-state index is 12.4. The van der Waals surface area contributed by atoms with Crippen molar-refractivity contribution in [3.63, 3.8) is 0 Å². The molecule has 1 aromatic carbocycles. The predicted octanol–water partition coefficient (Wildman–Crippen LogP) is -0.461. The highest BCUT2D eigenvalue weighted by Crippen LogP contribution is 2.16. The van der Waals surface area contributed by atoms with E-state index < -0.39 is 30.6 Å². The lowest BCUT2D eigenvalue weighted by Gasteiger charge is -2.31. The van der Waals surface area contributed by atoms with Gasteiger partial charge in [0.1, 0.15) is 12.4 Å². The molecule has 0 radical (unpaired) electrons. The Morgan fingerprint density at radius 2 is 2.12 bits per heavy atom. The average molecular weight is 352 g/mol. The number of carboxylic acids is 1. The Hall–Kier alpha value is -2.65. The summed E-state index contributed by atoms with van der Waals surface area (Å²) in [5.41, 5.74) is 5.34. The van der Waals surface area contributed by atoms with Crippen molar-refractivity contribution in [2.45, 2.75) is 18.6 Å². The zero-order chi connectivity index (χ0) is 18.2. The van der Waals surface area contributed by atoms with Crippen molar-refractivity contribution in [1.29, 1.82) is 0 Å². The summed E-state index contributed by atoms with van der Waals surface area (Å²) in [7, 11) is 0. The summed E-state index contributed by atoms with van der Waals surface area (Å²) in [4.78, 5) is 33.8. The third kappa shape index (κ3) is 6.05. The van der Waals surface area contributed by atoms with E-state index >= 15 is 0 Å². The maximum absolute atomic E-state index is 12.4. The fourth-order valence-corrected chi connectivity index (χ4v) is 2.36. The Kier molecular flexibility index (Phi) is 6.72. The number of hydrogen-bond acceptors (Lipinski definition) is 6. The number of ether oxygens (including phenoxy) is 3. The molecular weight excluding hydrogens is 332 g/mol. The Balaban J connectivity index is 1.98. The molecule has 1 fully saturated rings.